The number of aliphatic carboxylic acids is 1. The van der Waals surface area contributed by atoms with Crippen molar-refractivity contribution < 1.29 is 14.7 Å². The second kappa shape index (κ2) is 3.96. The highest BCUT2D eigenvalue weighted by Crippen LogP contribution is 2.32. The molecule has 0 radical (unpaired) electrons. The number of carbonyl (C=O) groups is 2. The number of nitrogens with two attached hydrogens (primary N) is 1. The lowest BCUT2D eigenvalue weighted by atomic mass is 10.1. The Bertz CT molecular complexity index is 248. The van der Waals surface area contributed by atoms with Crippen LogP contribution in [-0.2, 0) is 9.59 Å². The minimum atomic E-state index is -0.904. The lowest BCUT2D eigenvalue weighted by Crippen LogP contribution is -2.47. The highest BCUT2D eigenvalue weighted by molar-refractivity contribution is 5.89. The molecule has 1 saturated carbocycles. The molecule has 1 unspecified atom stereocenters. The Morgan fingerprint density at radius 1 is 1.57 bits per heavy atom. The van der Waals surface area contributed by atoms with Crippen molar-refractivity contribution in [2.75, 3.05) is 0 Å². The van der Waals surface area contributed by atoms with Crippen LogP contribution < -0.4 is 11.1 Å². The van der Waals surface area contributed by atoms with Gasteiger partial charge >= 0.3 is 5.97 Å². The third kappa shape index (κ3) is 2.70. The second-order valence-corrected chi connectivity index (χ2v) is 3.83. The number of hydrogen-bond donors (Lipinski definition) is 3. The van der Waals surface area contributed by atoms with Crippen molar-refractivity contribution in [3.05, 3.63) is 0 Å². The average Bonchev–Trinajstić information content (AvgIpc) is 2.83. The minimum absolute atomic E-state index is 0.0433. The van der Waals surface area contributed by atoms with Crippen LogP contribution in [0.3, 0.4) is 0 Å². The van der Waals surface area contributed by atoms with Crippen molar-refractivity contribution >= 4 is 11.9 Å². The first-order chi connectivity index (χ1) is 6.48. The van der Waals surface area contributed by atoms with Crippen LogP contribution in [0.1, 0.15) is 32.6 Å². The number of nitrogens with one attached hydrogen (secondary N) is 1. The third-order valence-electron chi connectivity index (χ3n) is 2.49. The van der Waals surface area contributed by atoms with Gasteiger partial charge in [-0.2, -0.15) is 0 Å². The SMILES string of the molecule is CCC(CC(=O)O)NC(=O)C1(N)CC1. The van der Waals surface area contributed by atoms with Gasteiger partial charge in [0.15, 0.2) is 0 Å². The van der Waals surface area contributed by atoms with Crippen molar-refractivity contribution in [1.29, 1.82) is 0 Å². The number of hydrogen-bond acceptors (Lipinski definition) is 3. The fraction of sp³-hybridized carbons (Fsp3) is 0.778. The van der Waals surface area contributed by atoms with E-state index in [1.54, 1.807) is 0 Å². The molecule has 0 aromatic rings. The zero-order chi connectivity index (χ0) is 10.8. The van der Waals surface area contributed by atoms with Gasteiger partial charge in [-0.1, -0.05) is 6.92 Å². The van der Waals surface area contributed by atoms with E-state index in [-0.39, 0.29) is 18.4 Å². The van der Waals surface area contributed by atoms with Crippen molar-refractivity contribution in [3.63, 3.8) is 0 Å². The van der Waals surface area contributed by atoms with Crippen molar-refractivity contribution in [3.8, 4) is 0 Å². The number of carbonyl (C=O) groups excluding carboxylic acids is 1. The van der Waals surface area contributed by atoms with Crippen LogP contribution in [0, 0.1) is 0 Å². The molecule has 80 valence electrons. The quantitative estimate of drug-likeness (QED) is 0.575. The molecule has 1 rings (SSSR count). The van der Waals surface area contributed by atoms with E-state index in [9.17, 15) is 9.59 Å². The van der Waals surface area contributed by atoms with Crippen LogP contribution in [0.15, 0.2) is 0 Å². The molecule has 4 N–H and O–H groups in total. The molecule has 0 bridgehead atoms. The summed E-state index contributed by atoms with van der Waals surface area (Å²) in [6.45, 7) is 1.84. The standard InChI is InChI=1S/C9H16N2O3/c1-2-6(5-7(12)13)11-8(14)9(10)3-4-9/h6H,2-5,10H2,1H3,(H,11,14)(H,12,13). The summed E-state index contributed by atoms with van der Waals surface area (Å²) in [5.41, 5.74) is 4.95. The first kappa shape index (κ1) is 11.0. The van der Waals surface area contributed by atoms with E-state index in [1.807, 2.05) is 6.92 Å². The molecule has 1 atom stereocenters. The lowest BCUT2D eigenvalue weighted by Gasteiger charge is -2.17. The Hall–Kier alpha value is -1.10. The second-order valence-electron chi connectivity index (χ2n) is 3.83. The largest absolute Gasteiger partial charge is 0.481 e. The molecule has 5 nitrogen and oxygen atoms in total. The summed E-state index contributed by atoms with van der Waals surface area (Å²) >= 11 is 0. The smallest absolute Gasteiger partial charge is 0.305 e. The van der Waals surface area contributed by atoms with Crippen molar-refractivity contribution in [1.82, 2.24) is 5.32 Å². The maximum Gasteiger partial charge on any atom is 0.305 e. The summed E-state index contributed by atoms with van der Waals surface area (Å²) in [5.74, 6) is -1.12. The molecule has 5 heteroatoms. The Kier molecular flexibility index (Phi) is 3.10. The molecule has 0 aromatic heterocycles. The van der Waals surface area contributed by atoms with Gasteiger partial charge in [0.2, 0.25) is 5.91 Å². The van der Waals surface area contributed by atoms with E-state index >= 15 is 0 Å². The number of carboxylic acid groups (broad SMARTS) is 1. The monoisotopic (exact) mass is 200 g/mol. The highest BCUT2D eigenvalue weighted by Gasteiger charge is 2.46. The molecular formula is C9H16N2O3. The van der Waals surface area contributed by atoms with E-state index < -0.39 is 11.5 Å². The molecular weight excluding hydrogens is 184 g/mol. The Morgan fingerprint density at radius 2 is 2.14 bits per heavy atom. The Morgan fingerprint density at radius 3 is 2.50 bits per heavy atom. The van der Waals surface area contributed by atoms with E-state index in [2.05, 4.69) is 5.32 Å². The van der Waals surface area contributed by atoms with Crippen LogP contribution in [-0.4, -0.2) is 28.6 Å². The average molecular weight is 200 g/mol. The molecule has 0 aromatic carbocycles. The van der Waals surface area contributed by atoms with E-state index in [1.165, 1.54) is 0 Å². The van der Waals surface area contributed by atoms with Gasteiger partial charge in [0, 0.05) is 6.04 Å². The molecule has 0 spiro atoms. The molecule has 14 heavy (non-hydrogen) atoms. The summed E-state index contributed by atoms with van der Waals surface area (Å²) in [7, 11) is 0. The van der Waals surface area contributed by atoms with Crippen LogP contribution in [0.25, 0.3) is 0 Å². The van der Waals surface area contributed by atoms with Crippen molar-refractivity contribution in [2.45, 2.75) is 44.2 Å². The van der Waals surface area contributed by atoms with Crippen LogP contribution in [0.2, 0.25) is 0 Å². The Balaban J connectivity index is 2.40. The van der Waals surface area contributed by atoms with Gasteiger partial charge in [-0.25, -0.2) is 0 Å². The molecule has 0 heterocycles. The van der Waals surface area contributed by atoms with Gasteiger partial charge in [-0.3, -0.25) is 9.59 Å². The molecule has 1 aliphatic carbocycles. The zero-order valence-corrected chi connectivity index (χ0v) is 8.25. The number of amides is 1. The van der Waals surface area contributed by atoms with E-state index in [4.69, 9.17) is 10.8 Å². The molecule has 1 fully saturated rings. The van der Waals surface area contributed by atoms with Gasteiger partial charge in [-0.05, 0) is 19.3 Å². The molecule has 0 saturated heterocycles. The summed E-state index contributed by atoms with van der Waals surface area (Å²) in [6, 6.07) is -0.305. The molecule has 1 amide bonds. The fourth-order valence-corrected chi connectivity index (χ4v) is 1.20. The predicted octanol–water partition coefficient (Wildman–Crippen LogP) is -0.153. The summed E-state index contributed by atoms with van der Waals surface area (Å²) in [4.78, 5) is 21.9. The lowest BCUT2D eigenvalue weighted by molar-refractivity contribution is -0.137. The first-order valence-electron chi connectivity index (χ1n) is 4.79. The van der Waals surface area contributed by atoms with Crippen molar-refractivity contribution in [2.24, 2.45) is 5.73 Å². The first-order valence-corrected chi connectivity index (χ1v) is 4.79. The summed E-state index contributed by atoms with van der Waals surface area (Å²) < 4.78 is 0. The topological polar surface area (TPSA) is 92.4 Å². The molecule has 1 aliphatic rings. The maximum atomic E-state index is 11.4. The minimum Gasteiger partial charge on any atom is -0.481 e. The maximum absolute atomic E-state index is 11.4. The van der Waals surface area contributed by atoms with Crippen LogP contribution in [0.4, 0.5) is 0 Å². The highest BCUT2D eigenvalue weighted by atomic mass is 16.4. The summed E-state index contributed by atoms with van der Waals surface area (Å²) in [6.07, 6.45) is 1.96. The van der Waals surface area contributed by atoms with Gasteiger partial charge in [0.25, 0.3) is 0 Å². The van der Waals surface area contributed by atoms with E-state index in [0.717, 1.165) is 0 Å². The van der Waals surface area contributed by atoms with Gasteiger partial charge in [0.1, 0.15) is 0 Å². The van der Waals surface area contributed by atoms with Gasteiger partial charge < -0.3 is 16.2 Å². The fourth-order valence-electron chi connectivity index (χ4n) is 1.20. The zero-order valence-electron chi connectivity index (χ0n) is 8.25. The van der Waals surface area contributed by atoms with Crippen LogP contribution in [0.5, 0.6) is 0 Å². The number of carboxylic acids is 1. The third-order valence-corrected chi connectivity index (χ3v) is 2.49. The Labute approximate surface area is 82.7 Å². The van der Waals surface area contributed by atoms with Crippen LogP contribution >= 0.6 is 0 Å². The number of rotatable bonds is 5. The van der Waals surface area contributed by atoms with Gasteiger partial charge in [-0.15, -0.1) is 0 Å². The van der Waals surface area contributed by atoms with E-state index in [0.29, 0.717) is 19.3 Å². The predicted molar refractivity (Wildman–Crippen MR) is 50.6 cm³/mol. The normalized spacial score (nSPS) is 19.9. The molecule has 0 aliphatic heterocycles. The summed E-state index contributed by atoms with van der Waals surface area (Å²) in [5, 5.41) is 11.2. The van der Waals surface area contributed by atoms with Gasteiger partial charge in [0.05, 0.1) is 12.0 Å².